The average molecular weight is 444 g/mol. The van der Waals surface area contributed by atoms with Crippen molar-refractivity contribution in [2.45, 2.75) is 31.0 Å². The first-order chi connectivity index (χ1) is 15.3. The SMILES string of the molecule is COc1cccc(C2(O)CCC(OC(=O)c3ccc(OC)c(OC)c3)CC2CN(C)C)c1. The molecule has 1 aliphatic carbocycles. The van der Waals surface area contributed by atoms with E-state index in [1.807, 2.05) is 43.3 Å². The maximum atomic E-state index is 12.8. The fourth-order valence-electron chi connectivity index (χ4n) is 4.44. The largest absolute Gasteiger partial charge is 0.497 e. The zero-order valence-electron chi connectivity index (χ0n) is 19.5. The van der Waals surface area contributed by atoms with Gasteiger partial charge in [0.15, 0.2) is 11.5 Å². The third-order valence-electron chi connectivity index (χ3n) is 6.12. The van der Waals surface area contributed by atoms with Crippen molar-refractivity contribution in [3.63, 3.8) is 0 Å². The monoisotopic (exact) mass is 443 g/mol. The van der Waals surface area contributed by atoms with Crippen LogP contribution in [-0.4, -0.2) is 64.0 Å². The van der Waals surface area contributed by atoms with Gasteiger partial charge in [0.25, 0.3) is 0 Å². The molecule has 7 heteroatoms. The molecule has 0 aliphatic heterocycles. The Morgan fingerprint density at radius 2 is 1.81 bits per heavy atom. The molecule has 0 amide bonds. The van der Waals surface area contributed by atoms with Crippen LogP contribution in [0.4, 0.5) is 0 Å². The predicted octanol–water partition coefficient (Wildman–Crippen LogP) is 3.49. The summed E-state index contributed by atoms with van der Waals surface area (Å²) in [5.41, 5.74) is 0.208. The molecule has 1 aliphatic rings. The molecule has 7 nitrogen and oxygen atoms in total. The fourth-order valence-corrected chi connectivity index (χ4v) is 4.44. The Bertz CT molecular complexity index is 930. The van der Waals surface area contributed by atoms with E-state index in [0.717, 1.165) is 5.56 Å². The fraction of sp³-hybridized carbons (Fsp3) is 0.480. The van der Waals surface area contributed by atoms with Crippen molar-refractivity contribution in [2.24, 2.45) is 5.92 Å². The van der Waals surface area contributed by atoms with Gasteiger partial charge in [-0.1, -0.05) is 12.1 Å². The number of carbonyl (C=O) groups is 1. The molecule has 32 heavy (non-hydrogen) atoms. The number of hydrogen-bond acceptors (Lipinski definition) is 7. The lowest BCUT2D eigenvalue weighted by Crippen LogP contribution is -2.47. The zero-order chi connectivity index (χ0) is 23.3. The summed E-state index contributed by atoms with van der Waals surface area (Å²) < 4.78 is 21.7. The highest BCUT2D eigenvalue weighted by Gasteiger charge is 2.44. The lowest BCUT2D eigenvalue weighted by Gasteiger charge is -2.44. The van der Waals surface area contributed by atoms with Crippen LogP contribution >= 0.6 is 0 Å². The smallest absolute Gasteiger partial charge is 0.338 e. The number of methoxy groups -OCH3 is 3. The summed E-state index contributed by atoms with van der Waals surface area (Å²) in [6.07, 6.45) is 1.33. The molecule has 2 aromatic carbocycles. The molecule has 0 spiro atoms. The highest BCUT2D eigenvalue weighted by atomic mass is 16.5. The van der Waals surface area contributed by atoms with Crippen molar-refractivity contribution in [2.75, 3.05) is 42.0 Å². The van der Waals surface area contributed by atoms with Gasteiger partial charge in [-0.25, -0.2) is 4.79 Å². The third-order valence-corrected chi connectivity index (χ3v) is 6.12. The number of nitrogens with zero attached hydrogens (tertiary/aromatic N) is 1. The van der Waals surface area contributed by atoms with Gasteiger partial charge < -0.3 is 29.0 Å². The number of carbonyl (C=O) groups excluding carboxylic acids is 1. The van der Waals surface area contributed by atoms with Gasteiger partial charge in [-0.3, -0.25) is 0 Å². The summed E-state index contributed by atoms with van der Waals surface area (Å²) in [7, 11) is 8.65. The van der Waals surface area contributed by atoms with Crippen LogP contribution in [0.3, 0.4) is 0 Å². The van der Waals surface area contributed by atoms with Crippen molar-refractivity contribution < 1.29 is 28.8 Å². The summed E-state index contributed by atoms with van der Waals surface area (Å²) in [5, 5.41) is 11.7. The number of rotatable bonds is 8. The molecule has 0 radical (unpaired) electrons. The standard InChI is InChI=1S/C25H33NO6/c1-26(2)16-19-15-21(11-12-25(19,28)18-7-6-8-20(14-18)29-3)32-24(27)17-9-10-22(30-4)23(13-17)31-5/h6-10,13-14,19,21,28H,11-12,15-16H2,1-5H3. The lowest BCUT2D eigenvalue weighted by atomic mass is 9.70. The van der Waals surface area contributed by atoms with Crippen molar-refractivity contribution in [3.8, 4) is 17.2 Å². The molecule has 2 aromatic rings. The van der Waals surface area contributed by atoms with Crippen molar-refractivity contribution in [1.82, 2.24) is 4.90 Å². The molecule has 0 saturated heterocycles. The number of ether oxygens (including phenoxy) is 4. The van der Waals surface area contributed by atoms with E-state index in [2.05, 4.69) is 0 Å². The van der Waals surface area contributed by atoms with E-state index in [-0.39, 0.29) is 12.0 Å². The molecule has 0 heterocycles. The molecule has 1 fully saturated rings. The molecular formula is C25H33NO6. The van der Waals surface area contributed by atoms with E-state index in [1.165, 1.54) is 7.11 Å². The van der Waals surface area contributed by atoms with Crippen LogP contribution < -0.4 is 14.2 Å². The Balaban J connectivity index is 1.78. The minimum atomic E-state index is -1.02. The normalized spacial score (nSPS) is 23.0. The third kappa shape index (κ3) is 5.16. The lowest BCUT2D eigenvalue weighted by molar-refractivity contribution is -0.0960. The number of benzene rings is 2. The number of hydrogen-bond donors (Lipinski definition) is 1. The van der Waals surface area contributed by atoms with E-state index in [1.54, 1.807) is 32.4 Å². The van der Waals surface area contributed by atoms with E-state index in [9.17, 15) is 9.90 Å². The second kappa shape index (κ2) is 10.2. The Morgan fingerprint density at radius 1 is 1.06 bits per heavy atom. The van der Waals surface area contributed by atoms with Crippen LogP contribution in [-0.2, 0) is 10.3 Å². The summed E-state index contributed by atoms with van der Waals surface area (Å²) in [4.78, 5) is 14.9. The van der Waals surface area contributed by atoms with Crippen LogP contribution in [0.1, 0.15) is 35.2 Å². The Morgan fingerprint density at radius 3 is 2.47 bits per heavy atom. The minimum Gasteiger partial charge on any atom is -0.497 e. The molecule has 1 N–H and O–H groups in total. The summed E-state index contributed by atoms with van der Waals surface area (Å²) >= 11 is 0. The summed E-state index contributed by atoms with van der Waals surface area (Å²) in [6.45, 7) is 0.665. The molecule has 0 bridgehead atoms. The zero-order valence-corrected chi connectivity index (χ0v) is 19.5. The minimum absolute atomic E-state index is 0.110. The maximum Gasteiger partial charge on any atom is 0.338 e. The first-order valence-electron chi connectivity index (χ1n) is 10.7. The van der Waals surface area contributed by atoms with E-state index in [0.29, 0.717) is 48.6 Å². The highest BCUT2D eigenvalue weighted by Crippen LogP contribution is 2.44. The molecule has 174 valence electrons. The highest BCUT2D eigenvalue weighted by molar-refractivity contribution is 5.90. The molecule has 3 unspecified atom stereocenters. The Hall–Kier alpha value is -2.77. The van der Waals surface area contributed by atoms with Gasteiger partial charge in [0.05, 0.1) is 32.5 Å². The van der Waals surface area contributed by atoms with E-state index < -0.39 is 11.6 Å². The first-order valence-corrected chi connectivity index (χ1v) is 10.7. The van der Waals surface area contributed by atoms with Gasteiger partial charge in [0.2, 0.25) is 0 Å². The molecule has 0 aromatic heterocycles. The van der Waals surface area contributed by atoms with Gasteiger partial charge in [-0.05, 0) is 69.3 Å². The Kier molecular flexibility index (Phi) is 7.64. The van der Waals surface area contributed by atoms with Crippen LogP contribution in [0.25, 0.3) is 0 Å². The topological polar surface area (TPSA) is 77.5 Å². The average Bonchev–Trinajstić information content (AvgIpc) is 2.80. The van der Waals surface area contributed by atoms with Crippen molar-refractivity contribution in [1.29, 1.82) is 0 Å². The van der Waals surface area contributed by atoms with E-state index >= 15 is 0 Å². The quantitative estimate of drug-likeness (QED) is 0.626. The van der Waals surface area contributed by atoms with Crippen LogP contribution in [0.15, 0.2) is 42.5 Å². The first kappa shape index (κ1) is 23.9. The molecule has 3 atom stereocenters. The summed E-state index contributed by atoms with van der Waals surface area (Å²) in [5.74, 6) is 1.22. The van der Waals surface area contributed by atoms with Gasteiger partial charge in [-0.15, -0.1) is 0 Å². The van der Waals surface area contributed by atoms with Crippen LogP contribution in [0.2, 0.25) is 0 Å². The molecule has 3 rings (SSSR count). The number of aliphatic hydroxyl groups is 1. The number of esters is 1. The van der Waals surface area contributed by atoms with Gasteiger partial charge in [0.1, 0.15) is 11.9 Å². The molecular weight excluding hydrogens is 410 g/mol. The van der Waals surface area contributed by atoms with Gasteiger partial charge in [0, 0.05) is 12.5 Å². The van der Waals surface area contributed by atoms with Crippen LogP contribution in [0.5, 0.6) is 17.2 Å². The predicted molar refractivity (Wildman–Crippen MR) is 122 cm³/mol. The van der Waals surface area contributed by atoms with Gasteiger partial charge in [-0.2, -0.15) is 0 Å². The summed E-state index contributed by atoms with van der Waals surface area (Å²) in [6, 6.07) is 12.5. The second-order valence-electron chi connectivity index (χ2n) is 8.49. The van der Waals surface area contributed by atoms with Crippen molar-refractivity contribution in [3.05, 3.63) is 53.6 Å². The Labute approximate surface area is 189 Å². The maximum absolute atomic E-state index is 12.8. The molecule has 1 saturated carbocycles. The van der Waals surface area contributed by atoms with E-state index in [4.69, 9.17) is 18.9 Å². The van der Waals surface area contributed by atoms with Crippen molar-refractivity contribution >= 4 is 5.97 Å². The second-order valence-corrected chi connectivity index (χ2v) is 8.49. The van der Waals surface area contributed by atoms with Crippen LogP contribution in [0, 0.1) is 5.92 Å². The van der Waals surface area contributed by atoms with Gasteiger partial charge >= 0.3 is 5.97 Å².